The molecule has 18 heavy (non-hydrogen) atoms. The van der Waals surface area contributed by atoms with Crippen molar-refractivity contribution < 1.29 is 14.4 Å². The van der Waals surface area contributed by atoms with E-state index in [-0.39, 0.29) is 6.61 Å². The zero-order chi connectivity index (χ0) is 13.0. The zero-order valence-corrected chi connectivity index (χ0v) is 10.5. The molecule has 2 aromatic rings. The lowest BCUT2D eigenvalue weighted by Gasteiger charge is -2.07. The first-order chi connectivity index (χ1) is 8.69. The summed E-state index contributed by atoms with van der Waals surface area (Å²) in [5.41, 5.74) is 0.812. The number of aromatic nitrogens is 2. The van der Waals surface area contributed by atoms with Crippen LogP contribution in [0.3, 0.4) is 0 Å². The van der Waals surface area contributed by atoms with Crippen LogP contribution in [-0.4, -0.2) is 15.2 Å². The van der Waals surface area contributed by atoms with Crippen LogP contribution in [0, 0.1) is 0 Å². The molecule has 1 unspecified atom stereocenters. The summed E-state index contributed by atoms with van der Waals surface area (Å²) in [6, 6.07) is 7.30. The van der Waals surface area contributed by atoms with E-state index < -0.39 is 6.10 Å². The van der Waals surface area contributed by atoms with Crippen molar-refractivity contribution in [3.63, 3.8) is 0 Å². The first-order valence-corrected chi connectivity index (χ1v) is 5.91. The van der Waals surface area contributed by atoms with Crippen molar-refractivity contribution in [3.05, 3.63) is 41.5 Å². The molecule has 96 valence electrons. The summed E-state index contributed by atoms with van der Waals surface area (Å²) < 4.78 is 10.6. The van der Waals surface area contributed by atoms with Crippen molar-refractivity contribution in [2.45, 2.75) is 33.0 Å². The molecule has 1 N–H and O–H groups in total. The van der Waals surface area contributed by atoms with Gasteiger partial charge in [-0.1, -0.05) is 24.2 Å². The second-order valence-electron chi connectivity index (χ2n) is 4.00. The summed E-state index contributed by atoms with van der Waals surface area (Å²) in [7, 11) is 0. The van der Waals surface area contributed by atoms with Gasteiger partial charge in [0.25, 0.3) is 5.89 Å². The Balaban J connectivity index is 1.99. The van der Waals surface area contributed by atoms with Crippen LogP contribution in [0.15, 0.2) is 28.8 Å². The van der Waals surface area contributed by atoms with Gasteiger partial charge >= 0.3 is 0 Å². The quantitative estimate of drug-likeness (QED) is 0.879. The largest absolute Gasteiger partial charge is 0.484 e. The molecule has 1 aromatic heterocycles. The van der Waals surface area contributed by atoms with Gasteiger partial charge in [-0.25, -0.2) is 0 Å². The Hall–Kier alpha value is -1.88. The molecule has 0 radical (unpaired) electrons. The minimum atomic E-state index is -0.511. The molecule has 0 aliphatic rings. The third-order valence-corrected chi connectivity index (χ3v) is 2.53. The predicted octanol–water partition coefficient (Wildman–Crippen LogP) is 2.26. The van der Waals surface area contributed by atoms with Crippen molar-refractivity contribution in [3.8, 4) is 5.75 Å². The lowest BCUT2D eigenvalue weighted by molar-refractivity contribution is 0.197. The summed E-state index contributed by atoms with van der Waals surface area (Å²) >= 11 is 0. The molecule has 5 heteroatoms. The minimum Gasteiger partial charge on any atom is -0.484 e. The Morgan fingerprint density at radius 3 is 2.94 bits per heavy atom. The fourth-order valence-electron chi connectivity index (χ4n) is 1.50. The van der Waals surface area contributed by atoms with E-state index in [1.807, 2.05) is 25.1 Å². The first-order valence-electron chi connectivity index (χ1n) is 5.91. The van der Waals surface area contributed by atoms with Gasteiger partial charge in [0.05, 0.1) is 6.10 Å². The van der Waals surface area contributed by atoms with Crippen molar-refractivity contribution >= 4 is 0 Å². The van der Waals surface area contributed by atoms with Gasteiger partial charge in [-0.3, -0.25) is 0 Å². The first kappa shape index (κ1) is 12.6. The van der Waals surface area contributed by atoms with E-state index in [1.54, 1.807) is 13.0 Å². The van der Waals surface area contributed by atoms with E-state index in [1.165, 1.54) is 0 Å². The standard InChI is InChI=1S/C13H16N2O3/c1-3-12-14-13(18-15-12)8-17-11-6-4-5-10(7-11)9(2)16/h4-7,9,16H,3,8H2,1-2H3. The molecule has 0 amide bonds. The highest BCUT2D eigenvalue weighted by atomic mass is 16.5. The van der Waals surface area contributed by atoms with Crippen LogP contribution in [-0.2, 0) is 13.0 Å². The molecule has 0 bridgehead atoms. The lowest BCUT2D eigenvalue weighted by atomic mass is 10.1. The van der Waals surface area contributed by atoms with Gasteiger partial charge in [0.1, 0.15) is 5.75 Å². The molecule has 0 aliphatic carbocycles. The maximum atomic E-state index is 9.47. The Kier molecular flexibility index (Phi) is 3.94. The monoisotopic (exact) mass is 248 g/mol. The summed E-state index contributed by atoms with van der Waals surface area (Å²) in [6.07, 6.45) is 0.227. The second-order valence-corrected chi connectivity index (χ2v) is 4.00. The summed E-state index contributed by atoms with van der Waals surface area (Å²) in [6.45, 7) is 3.91. The Labute approximate surface area is 105 Å². The van der Waals surface area contributed by atoms with Crippen LogP contribution in [0.25, 0.3) is 0 Å². The number of benzene rings is 1. The second kappa shape index (κ2) is 5.64. The molecule has 0 saturated carbocycles. The highest BCUT2D eigenvalue weighted by Gasteiger charge is 2.06. The molecular weight excluding hydrogens is 232 g/mol. The van der Waals surface area contributed by atoms with Gasteiger partial charge in [0.15, 0.2) is 12.4 Å². The number of aliphatic hydroxyl groups is 1. The molecule has 1 aromatic carbocycles. The molecular formula is C13H16N2O3. The highest BCUT2D eigenvalue weighted by Crippen LogP contribution is 2.19. The molecule has 0 aliphatic heterocycles. The van der Waals surface area contributed by atoms with E-state index in [0.29, 0.717) is 17.5 Å². The van der Waals surface area contributed by atoms with Gasteiger partial charge in [0, 0.05) is 6.42 Å². The molecule has 1 atom stereocenters. The number of aryl methyl sites for hydroxylation is 1. The highest BCUT2D eigenvalue weighted by molar-refractivity contribution is 5.29. The van der Waals surface area contributed by atoms with Gasteiger partial charge in [-0.2, -0.15) is 4.98 Å². The number of hydrogen-bond donors (Lipinski definition) is 1. The molecule has 0 fully saturated rings. The average Bonchev–Trinajstić information content (AvgIpc) is 2.84. The van der Waals surface area contributed by atoms with E-state index in [9.17, 15) is 5.11 Å². The summed E-state index contributed by atoms with van der Waals surface area (Å²) in [5, 5.41) is 13.3. The number of aliphatic hydroxyl groups excluding tert-OH is 1. The maximum absolute atomic E-state index is 9.47. The van der Waals surface area contributed by atoms with E-state index in [0.717, 1.165) is 12.0 Å². The maximum Gasteiger partial charge on any atom is 0.264 e. The molecule has 0 saturated heterocycles. The molecule has 0 spiro atoms. The molecule has 2 rings (SSSR count). The Bertz CT molecular complexity index is 508. The van der Waals surface area contributed by atoms with Crippen LogP contribution in [0.4, 0.5) is 0 Å². The van der Waals surface area contributed by atoms with Crippen LogP contribution in [0.5, 0.6) is 5.75 Å². The van der Waals surface area contributed by atoms with Crippen molar-refractivity contribution in [2.24, 2.45) is 0 Å². The van der Waals surface area contributed by atoms with Crippen molar-refractivity contribution in [2.75, 3.05) is 0 Å². The number of hydrogen-bond acceptors (Lipinski definition) is 5. The molecule has 1 heterocycles. The van der Waals surface area contributed by atoms with Crippen LogP contribution >= 0.6 is 0 Å². The van der Waals surface area contributed by atoms with E-state index >= 15 is 0 Å². The van der Waals surface area contributed by atoms with Crippen LogP contribution in [0.2, 0.25) is 0 Å². The number of rotatable bonds is 5. The topological polar surface area (TPSA) is 68.4 Å². The van der Waals surface area contributed by atoms with Gasteiger partial charge in [-0.15, -0.1) is 0 Å². The van der Waals surface area contributed by atoms with Gasteiger partial charge in [-0.05, 0) is 24.6 Å². The normalized spacial score (nSPS) is 12.4. The predicted molar refractivity (Wildman–Crippen MR) is 65.1 cm³/mol. The van der Waals surface area contributed by atoms with Crippen LogP contribution < -0.4 is 4.74 Å². The van der Waals surface area contributed by atoms with Crippen LogP contribution in [0.1, 0.15) is 37.2 Å². The number of nitrogens with zero attached hydrogens (tertiary/aromatic N) is 2. The SMILES string of the molecule is CCc1noc(COc2cccc(C(C)O)c2)n1. The van der Waals surface area contributed by atoms with E-state index in [4.69, 9.17) is 9.26 Å². The third-order valence-electron chi connectivity index (χ3n) is 2.53. The number of ether oxygens (including phenoxy) is 1. The van der Waals surface area contributed by atoms with E-state index in [2.05, 4.69) is 10.1 Å². The third kappa shape index (κ3) is 3.07. The van der Waals surface area contributed by atoms with Gasteiger partial charge < -0.3 is 14.4 Å². The Morgan fingerprint density at radius 1 is 1.44 bits per heavy atom. The Morgan fingerprint density at radius 2 is 2.28 bits per heavy atom. The van der Waals surface area contributed by atoms with Crippen molar-refractivity contribution in [1.29, 1.82) is 0 Å². The molecule has 5 nitrogen and oxygen atoms in total. The zero-order valence-electron chi connectivity index (χ0n) is 10.5. The van der Waals surface area contributed by atoms with Gasteiger partial charge in [0.2, 0.25) is 0 Å². The summed E-state index contributed by atoms with van der Waals surface area (Å²) in [5.74, 6) is 1.80. The average molecular weight is 248 g/mol. The lowest BCUT2D eigenvalue weighted by Crippen LogP contribution is -1.97. The van der Waals surface area contributed by atoms with Crippen molar-refractivity contribution in [1.82, 2.24) is 10.1 Å². The summed E-state index contributed by atoms with van der Waals surface area (Å²) in [4.78, 5) is 4.15. The fraction of sp³-hybridized carbons (Fsp3) is 0.385. The fourth-order valence-corrected chi connectivity index (χ4v) is 1.50. The smallest absolute Gasteiger partial charge is 0.264 e. The minimum absolute atomic E-state index is 0.232.